The predicted octanol–water partition coefficient (Wildman–Crippen LogP) is 20.5. The average Bonchev–Trinajstić information content (AvgIpc) is 4.49. The largest absolute Gasteiger partial charge is 0.300 e. The smallest absolute Gasteiger partial charge is 0.235 e. The molecule has 1 aliphatic rings. The minimum Gasteiger partial charge on any atom is -0.300 e. The van der Waals surface area contributed by atoms with E-state index in [1.807, 2.05) is 83.4 Å². The number of hydrogen-bond donors (Lipinski definition) is 1. The van der Waals surface area contributed by atoms with Gasteiger partial charge in [-0.1, -0.05) is 200 Å². The molecule has 9 heteroatoms. The lowest BCUT2D eigenvalue weighted by atomic mass is 9.98. The number of aromatic nitrogens is 6. The van der Waals surface area contributed by atoms with E-state index in [4.69, 9.17) is 9.97 Å². The number of H-pyrrole nitrogens is 1. The van der Waals surface area contributed by atoms with Gasteiger partial charge in [-0.25, -0.2) is 19.9 Å². The highest BCUT2D eigenvalue weighted by Gasteiger charge is 2.26. The fourth-order valence-corrected chi connectivity index (χ4v) is 15.0. The highest BCUT2D eigenvalue weighted by molar-refractivity contribution is 9.10. The van der Waals surface area contributed by atoms with Crippen LogP contribution in [0.1, 0.15) is 11.3 Å². The molecule has 0 bridgehead atoms. The van der Waals surface area contributed by atoms with Gasteiger partial charge >= 0.3 is 0 Å². The zero-order valence-electron chi connectivity index (χ0n) is 43.1. The van der Waals surface area contributed by atoms with Crippen molar-refractivity contribution in [1.82, 2.24) is 29.5 Å². The van der Waals surface area contributed by atoms with E-state index in [0.29, 0.717) is 10.7 Å². The zero-order chi connectivity index (χ0) is 53.5. The number of nitrogens with zero attached hydrogens (tertiary/aromatic N) is 5. The molecule has 0 amide bonds. The van der Waals surface area contributed by atoms with Crippen molar-refractivity contribution in [3.8, 4) is 28.5 Å². The molecule has 0 fully saturated rings. The van der Waals surface area contributed by atoms with Gasteiger partial charge in [0.2, 0.25) is 5.95 Å². The number of hydrogen-bond acceptors (Lipinski definition) is 6. The van der Waals surface area contributed by atoms with Crippen LogP contribution in [-0.2, 0) is 0 Å². The summed E-state index contributed by atoms with van der Waals surface area (Å²) in [6.45, 7) is 0. The molecule has 1 N–H and O–H groups in total. The summed E-state index contributed by atoms with van der Waals surface area (Å²) in [7, 11) is 0. The van der Waals surface area contributed by atoms with Crippen LogP contribution in [0.25, 0.3) is 157 Å². The zero-order valence-corrected chi connectivity index (χ0v) is 46.3. The first-order chi connectivity index (χ1) is 40.1. The Morgan fingerprint density at radius 2 is 0.889 bits per heavy atom. The van der Waals surface area contributed by atoms with Crippen molar-refractivity contribution in [2.45, 2.75) is 0 Å². The standard InChI is InChI=1S/C36H21N3S.C22H12NS.C14H9BrN2/c1-2-12-22(13-3-1)33-25-16-6-9-19-28(25)37-36(38-33)39-29-20-10-7-17-26(29)31-32-27-18-8-11-21-30(27)40-35(32)24-15-5-4-14-23(24)34(31)39;1-2-8-14-13(7-1)21-19(15-9-3-5-11-17(15)23-21)20-16-10-4-6-12-18(16)24-22(14)20;15-14-16-12-9-5-4-8-11(12)13(17-14)10-6-2-1-3-7-10/h1-21H;1-4,6-12,23H;1-9H/q;+1;. The fourth-order valence-electron chi connectivity index (χ4n) is 12.1. The van der Waals surface area contributed by atoms with Crippen molar-refractivity contribution in [3.63, 3.8) is 0 Å². The van der Waals surface area contributed by atoms with Gasteiger partial charge in [-0.05, 0) is 46.3 Å². The second-order valence-electron chi connectivity index (χ2n) is 20.1. The van der Waals surface area contributed by atoms with Crippen molar-refractivity contribution in [1.29, 1.82) is 0 Å². The Kier molecular flexibility index (Phi) is 11.3. The van der Waals surface area contributed by atoms with Crippen LogP contribution in [0, 0.1) is 6.08 Å². The Hall–Kier alpha value is -9.73. The molecule has 0 saturated carbocycles. The Bertz CT molecular complexity index is 5440. The van der Waals surface area contributed by atoms with Crippen LogP contribution in [0.3, 0.4) is 0 Å². The molecule has 6 nitrogen and oxygen atoms in total. The molecule has 0 spiro atoms. The van der Waals surface area contributed by atoms with Crippen LogP contribution in [0.2, 0.25) is 0 Å². The number of benzene rings is 11. The van der Waals surface area contributed by atoms with Gasteiger partial charge in [0, 0.05) is 106 Å². The van der Waals surface area contributed by atoms with E-state index in [1.165, 1.54) is 89.1 Å². The van der Waals surface area contributed by atoms with Crippen LogP contribution < -0.4 is 0 Å². The summed E-state index contributed by atoms with van der Waals surface area (Å²) < 4.78 is 8.28. The van der Waals surface area contributed by atoms with Gasteiger partial charge in [-0.15, -0.1) is 22.7 Å². The summed E-state index contributed by atoms with van der Waals surface area (Å²) in [5, 5.41) is 16.4. The van der Waals surface area contributed by atoms with E-state index in [9.17, 15) is 0 Å². The van der Waals surface area contributed by atoms with Crippen molar-refractivity contribution in [2.75, 3.05) is 0 Å². The summed E-state index contributed by atoms with van der Waals surface area (Å²) in [4.78, 5) is 23.0. The molecule has 6 aromatic heterocycles. The molecule has 1 aliphatic carbocycles. The summed E-state index contributed by atoms with van der Waals surface area (Å²) in [6, 6.07) is 80.6. The molecule has 0 saturated heterocycles. The van der Waals surface area contributed by atoms with Gasteiger partial charge in [0.15, 0.2) is 10.4 Å². The molecule has 6 heterocycles. The number of rotatable bonds is 3. The third-order valence-electron chi connectivity index (χ3n) is 15.5. The lowest BCUT2D eigenvalue weighted by molar-refractivity contribution is 1.02. The predicted molar refractivity (Wildman–Crippen MR) is 348 cm³/mol. The van der Waals surface area contributed by atoms with E-state index >= 15 is 0 Å². The Morgan fingerprint density at radius 3 is 1.53 bits per heavy atom. The number of aromatic amines is 1. The lowest BCUT2D eigenvalue weighted by Gasteiger charge is -2.13. The third kappa shape index (κ3) is 7.70. The third-order valence-corrected chi connectivity index (χ3v) is 18.3. The number of allylic oxidation sites excluding steroid dienone is 2. The molecule has 81 heavy (non-hydrogen) atoms. The van der Waals surface area contributed by atoms with Crippen molar-refractivity contribution in [2.24, 2.45) is 0 Å². The second kappa shape index (κ2) is 19.3. The molecule has 0 atom stereocenters. The van der Waals surface area contributed by atoms with Crippen LogP contribution >= 0.6 is 38.6 Å². The summed E-state index contributed by atoms with van der Waals surface area (Å²) >= 11 is 7.14. The first-order valence-electron chi connectivity index (χ1n) is 26.8. The van der Waals surface area contributed by atoms with Crippen LogP contribution in [0.15, 0.2) is 241 Å². The number of halogens is 1. The molecule has 18 rings (SSSR count). The Balaban J connectivity index is 0.000000112. The maximum absolute atomic E-state index is 5.31. The van der Waals surface area contributed by atoms with Crippen molar-refractivity contribution in [3.05, 3.63) is 259 Å². The second-order valence-corrected chi connectivity index (χ2v) is 22.9. The first kappa shape index (κ1) is 47.3. The molecule has 17 aromatic rings. The molecule has 0 aliphatic heterocycles. The molecular formula is C72H42BrN6S2+. The van der Waals surface area contributed by atoms with E-state index < -0.39 is 0 Å². The van der Waals surface area contributed by atoms with Gasteiger partial charge in [-0.2, -0.15) is 0 Å². The normalized spacial score (nSPS) is 12.1. The highest BCUT2D eigenvalue weighted by atomic mass is 79.9. The van der Waals surface area contributed by atoms with Gasteiger partial charge in [-0.3, -0.25) is 9.55 Å². The van der Waals surface area contributed by atoms with E-state index in [1.54, 1.807) is 0 Å². The number of para-hydroxylation sites is 3. The van der Waals surface area contributed by atoms with Crippen LogP contribution in [-0.4, -0.2) is 29.5 Å². The van der Waals surface area contributed by atoms with Gasteiger partial charge in [0.1, 0.15) is 17.7 Å². The molecule has 0 radical (unpaired) electrons. The monoisotopic (exact) mass is 1130 g/mol. The van der Waals surface area contributed by atoms with Crippen LogP contribution in [0.5, 0.6) is 0 Å². The highest BCUT2D eigenvalue weighted by Crippen LogP contribution is 2.49. The quantitative estimate of drug-likeness (QED) is 0.141. The molecule has 11 aromatic carbocycles. The van der Waals surface area contributed by atoms with Gasteiger partial charge < -0.3 is 0 Å². The van der Waals surface area contributed by atoms with Gasteiger partial charge in [0.25, 0.3) is 0 Å². The summed E-state index contributed by atoms with van der Waals surface area (Å²) in [5.74, 6) is 0.688. The summed E-state index contributed by atoms with van der Waals surface area (Å²) in [5.41, 5.74) is 11.9. The topological polar surface area (TPSA) is 72.3 Å². The van der Waals surface area contributed by atoms with Gasteiger partial charge in [0.05, 0.1) is 45.0 Å². The Labute approximate surface area is 480 Å². The lowest BCUT2D eigenvalue weighted by Crippen LogP contribution is -2.03. The fraction of sp³-hybridized carbons (Fsp3) is 0. The average molecular weight is 1140 g/mol. The molecule has 378 valence electrons. The molecular weight excluding hydrogens is 1090 g/mol. The SMILES string of the molecule is Brc1nc(-c2ccccc2)c2ccccc2n1.[C+]1=Cc2[nH]c3c4ccccc4c4sc5ccccc5c4c3c2C=C1.c1ccc(-c2nc(-n3c4ccccc4c4c5c6ccccc6sc5c5ccccc5c43)nc3ccccc23)cc1. The number of fused-ring (bicyclic) bond motifs is 22. The minimum absolute atomic E-state index is 0.620. The maximum Gasteiger partial charge on any atom is 0.235 e. The van der Waals surface area contributed by atoms with Crippen molar-refractivity contribution < 1.29 is 0 Å². The van der Waals surface area contributed by atoms with E-state index in [-0.39, 0.29) is 0 Å². The maximum atomic E-state index is 5.31. The van der Waals surface area contributed by atoms with E-state index in [0.717, 1.165) is 61.0 Å². The molecule has 0 unspecified atom stereocenters. The number of thiophene rings is 2. The minimum atomic E-state index is 0.620. The van der Waals surface area contributed by atoms with E-state index in [2.05, 4.69) is 230 Å². The van der Waals surface area contributed by atoms with Crippen molar-refractivity contribution >= 4 is 167 Å². The Morgan fingerprint density at radius 1 is 0.407 bits per heavy atom. The first-order valence-corrected chi connectivity index (χ1v) is 29.2. The summed E-state index contributed by atoms with van der Waals surface area (Å²) in [6.07, 6.45) is 9.42. The van der Waals surface area contributed by atoms with Crippen LogP contribution in [0.4, 0.5) is 0 Å². The number of nitrogens with one attached hydrogen (secondary N) is 1.